The molecule has 0 bridgehead atoms. The van der Waals surface area contributed by atoms with Crippen LogP contribution in [0.2, 0.25) is 0 Å². The van der Waals surface area contributed by atoms with Crippen molar-refractivity contribution < 1.29 is 8.42 Å². The highest BCUT2D eigenvalue weighted by Crippen LogP contribution is 2.28. The number of hydrogen-bond donors (Lipinski definition) is 1. The van der Waals surface area contributed by atoms with Crippen molar-refractivity contribution in [2.75, 3.05) is 5.75 Å². The van der Waals surface area contributed by atoms with Crippen LogP contribution in [-0.2, 0) is 10.0 Å². The number of hydrogen-bond acceptors (Lipinski definition) is 2. The van der Waals surface area contributed by atoms with Crippen LogP contribution in [0.25, 0.3) is 0 Å². The van der Waals surface area contributed by atoms with E-state index in [2.05, 4.69) is 32.4 Å². The van der Waals surface area contributed by atoms with Gasteiger partial charge in [-0.3, -0.25) is 0 Å². The Morgan fingerprint density at radius 1 is 1.14 bits per heavy atom. The van der Waals surface area contributed by atoms with Crippen molar-refractivity contribution in [1.82, 2.24) is 4.72 Å². The van der Waals surface area contributed by atoms with Crippen molar-refractivity contribution in [3.8, 4) is 0 Å². The Bertz CT molecular complexity index is 282. The lowest BCUT2D eigenvalue weighted by atomic mass is 9.81. The first-order valence-corrected chi connectivity index (χ1v) is 6.98. The van der Waals surface area contributed by atoms with E-state index in [1.165, 1.54) is 0 Å². The van der Waals surface area contributed by atoms with Crippen molar-refractivity contribution in [2.24, 2.45) is 17.8 Å². The Morgan fingerprint density at radius 2 is 1.71 bits per heavy atom. The molecule has 0 aromatic rings. The van der Waals surface area contributed by atoms with Crippen molar-refractivity contribution in [3.05, 3.63) is 0 Å². The van der Waals surface area contributed by atoms with Crippen LogP contribution in [0.5, 0.6) is 0 Å². The van der Waals surface area contributed by atoms with Gasteiger partial charge in [0.1, 0.15) is 0 Å². The third-order valence-electron chi connectivity index (χ3n) is 3.07. The van der Waals surface area contributed by atoms with E-state index in [1.54, 1.807) is 0 Å². The standard InChI is InChI=1S/C10H21NO2S/c1-7(2)9-5-6-14(12,13)11-10(9)8(3)4/h7-11H,5-6H2,1-4H3. The smallest absolute Gasteiger partial charge is 0.211 e. The van der Waals surface area contributed by atoms with E-state index in [1.807, 2.05) is 0 Å². The molecule has 2 unspecified atom stereocenters. The van der Waals surface area contributed by atoms with Gasteiger partial charge >= 0.3 is 0 Å². The largest absolute Gasteiger partial charge is 0.212 e. The lowest BCUT2D eigenvalue weighted by Gasteiger charge is -2.37. The van der Waals surface area contributed by atoms with Gasteiger partial charge in [-0.15, -0.1) is 0 Å². The van der Waals surface area contributed by atoms with Crippen molar-refractivity contribution in [3.63, 3.8) is 0 Å². The molecule has 1 heterocycles. The molecule has 1 aliphatic rings. The zero-order valence-corrected chi connectivity index (χ0v) is 10.3. The second-order valence-corrected chi connectivity index (χ2v) is 6.78. The molecular formula is C10H21NO2S. The van der Waals surface area contributed by atoms with Gasteiger partial charge in [-0.1, -0.05) is 27.7 Å². The molecule has 1 fully saturated rings. The van der Waals surface area contributed by atoms with Crippen LogP contribution in [0.4, 0.5) is 0 Å². The Morgan fingerprint density at radius 3 is 2.14 bits per heavy atom. The van der Waals surface area contributed by atoms with E-state index < -0.39 is 10.0 Å². The quantitative estimate of drug-likeness (QED) is 0.767. The average molecular weight is 219 g/mol. The van der Waals surface area contributed by atoms with Gasteiger partial charge in [-0.25, -0.2) is 13.1 Å². The molecule has 0 spiro atoms. The second-order valence-electron chi connectivity index (χ2n) is 4.90. The summed E-state index contributed by atoms with van der Waals surface area (Å²) in [6, 6.07) is 0.119. The molecule has 4 heteroatoms. The Kier molecular flexibility index (Phi) is 3.58. The van der Waals surface area contributed by atoms with E-state index in [9.17, 15) is 8.42 Å². The summed E-state index contributed by atoms with van der Waals surface area (Å²) in [5.74, 6) is 1.69. The van der Waals surface area contributed by atoms with Gasteiger partial charge in [0, 0.05) is 6.04 Å². The normalized spacial score (nSPS) is 32.4. The van der Waals surface area contributed by atoms with Gasteiger partial charge in [0.25, 0.3) is 0 Å². The first-order valence-electron chi connectivity index (χ1n) is 5.33. The summed E-state index contributed by atoms with van der Waals surface area (Å²) in [5, 5.41) is 0. The fourth-order valence-electron chi connectivity index (χ4n) is 2.20. The maximum absolute atomic E-state index is 11.4. The zero-order chi connectivity index (χ0) is 10.9. The third-order valence-corrected chi connectivity index (χ3v) is 4.48. The van der Waals surface area contributed by atoms with Crippen molar-refractivity contribution in [1.29, 1.82) is 0 Å². The molecule has 1 N–H and O–H groups in total. The van der Waals surface area contributed by atoms with Crippen LogP contribution in [0.3, 0.4) is 0 Å². The molecule has 0 aromatic carbocycles. The highest BCUT2D eigenvalue weighted by Gasteiger charge is 2.35. The van der Waals surface area contributed by atoms with Gasteiger partial charge in [-0.2, -0.15) is 0 Å². The van der Waals surface area contributed by atoms with Crippen LogP contribution in [0.15, 0.2) is 0 Å². The maximum atomic E-state index is 11.4. The number of rotatable bonds is 2. The van der Waals surface area contributed by atoms with E-state index in [0.717, 1.165) is 6.42 Å². The van der Waals surface area contributed by atoms with E-state index in [-0.39, 0.29) is 6.04 Å². The maximum Gasteiger partial charge on any atom is 0.211 e. The predicted molar refractivity (Wildman–Crippen MR) is 58.5 cm³/mol. The van der Waals surface area contributed by atoms with E-state index in [0.29, 0.717) is 23.5 Å². The zero-order valence-electron chi connectivity index (χ0n) is 9.45. The average Bonchev–Trinajstić information content (AvgIpc) is 2.01. The molecule has 0 aliphatic carbocycles. The summed E-state index contributed by atoms with van der Waals surface area (Å²) in [6.45, 7) is 8.49. The Balaban J connectivity index is 2.81. The topological polar surface area (TPSA) is 46.2 Å². The molecule has 0 saturated carbocycles. The fourth-order valence-corrected chi connectivity index (χ4v) is 3.76. The minimum atomic E-state index is -2.99. The van der Waals surface area contributed by atoms with Crippen LogP contribution in [0, 0.1) is 17.8 Å². The van der Waals surface area contributed by atoms with Gasteiger partial charge < -0.3 is 0 Å². The molecule has 0 aromatic heterocycles. The van der Waals surface area contributed by atoms with Gasteiger partial charge in [0.15, 0.2) is 0 Å². The Hall–Kier alpha value is -0.0900. The van der Waals surface area contributed by atoms with Gasteiger partial charge in [0.2, 0.25) is 10.0 Å². The van der Waals surface area contributed by atoms with Crippen LogP contribution in [0.1, 0.15) is 34.1 Å². The lowest BCUT2D eigenvalue weighted by Crippen LogP contribution is -2.51. The lowest BCUT2D eigenvalue weighted by molar-refractivity contribution is 0.233. The summed E-state index contributed by atoms with van der Waals surface area (Å²) in [7, 11) is -2.99. The highest BCUT2D eigenvalue weighted by molar-refractivity contribution is 7.89. The van der Waals surface area contributed by atoms with Gasteiger partial charge in [0.05, 0.1) is 5.75 Å². The van der Waals surface area contributed by atoms with Crippen LogP contribution >= 0.6 is 0 Å². The molecule has 0 radical (unpaired) electrons. The molecule has 2 atom stereocenters. The van der Waals surface area contributed by atoms with Crippen molar-refractivity contribution in [2.45, 2.75) is 40.2 Å². The Labute approximate surface area is 87.3 Å². The molecule has 14 heavy (non-hydrogen) atoms. The molecule has 1 saturated heterocycles. The minimum absolute atomic E-state index is 0.119. The van der Waals surface area contributed by atoms with Crippen LogP contribution < -0.4 is 4.72 Å². The minimum Gasteiger partial charge on any atom is -0.212 e. The van der Waals surface area contributed by atoms with E-state index in [4.69, 9.17) is 0 Å². The summed E-state index contributed by atoms with van der Waals surface area (Å²) in [5.41, 5.74) is 0. The molecular weight excluding hydrogens is 198 g/mol. The number of nitrogens with one attached hydrogen (secondary N) is 1. The predicted octanol–water partition coefficient (Wildman–Crippen LogP) is 1.61. The third kappa shape index (κ3) is 2.70. The molecule has 1 rings (SSSR count). The first-order chi connectivity index (χ1) is 6.33. The SMILES string of the molecule is CC(C)C1CCS(=O)(=O)NC1C(C)C. The van der Waals surface area contributed by atoms with E-state index >= 15 is 0 Å². The molecule has 1 aliphatic heterocycles. The summed E-state index contributed by atoms with van der Waals surface area (Å²) < 4.78 is 25.6. The van der Waals surface area contributed by atoms with Gasteiger partial charge in [-0.05, 0) is 24.2 Å². The summed E-state index contributed by atoms with van der Waals surface area (Å²) >= 11 is 0. The summed E-state index contributed by atoms with van der Waals surface area (Å²) in [4.78, 5) is 0. The fraction of sp³-hybridized carbons (Fsp3) is 1.00. The van der Waals surface area contributed by atoms with Crippen LogP contribution in [-0.4, -0.2) is 20.2 Å². The molecule has 84 valence electrons. The van der Waals surface area contributed by atoms with Crippen molar-refractivity contribution >= 4 is 10.0 Å². The number of sulfonamides is 1. The first kappa shape index (κ1) is 12.0. The molecule has 0 amide bonds. The highest BCUT2D eigenvalue weighted by atomic mass is 32.2. The summed E-state index contributed by atoms with van der Waals surface area (Å²) in [6.07, 6.45) is 0.801. The molecule has 3 nitrogen and oxygen atoms in total. The monoisotopic (exact) mass is 219 g/mol. The second kappa shape index (κ2) is 4.19.